The third kappa shape index (κ3) is 2.98. The molecule has 1 aliphatic rings. The molecule has 7 heteroatoms. The Morgan fingerprint density at radius 2 is 1.85 bits per heavy atom. The number of rotatable bonds is 3. The molecule has 0 aliphatic carbocycles. The van der Waals surface area contributed by atoms with Gasteiger partial charge in [-0.15, -0.1) is 0 Å². The largest absolute Gasteiger partial charge is 0.365 e. The first-order valence-electron chi connectivity index (χ1n) is 8.59. The van der Waals surface area contributed by atoms with Gasteiger partial charge < -0.3 is 13.8 Å². The van der Waals surface area contributed by atoms with Gasteiger partial charge in [-0.3, -0.25) is 0 Å². The summed E-state index contributed by atoms with van der Waals surface area (Å²) in [5.41, 5.74) is 3.66. The average molecular weight is 423 g/mol. The molecule has 6 nitrogen and oxygen atoms in total. The smallest absolute Gasteiger partial charge is 0.278 e. The summed E-state index contributed by atoms with van der Waals surface area (Å²) >= 11 is 3.52. The van der Waals surface area contributed by atoms with Gasteiger partial charge in [-0.1, -0.05) is 63.6 Å². The number of benzene rings is 2. The first-order chi connectivity index (χ1) is 13.3. The van der Waals surface area contributed by atoms with E-state index in [1.54, 1.807) is 0 Å². The lowest BCUT2D eigenvalue weighted by Gasteiger charge is -2.25. The van der Waals surface area contributed by atoms with Crippen LogP contribution in [0.2, 0.25) is 0 Å². The van der Waals surface area contributed by atoms with Gasteiger partial charge in [0.25, 0.3) is 5.89 Å². The maximum absolute atomic E-state index is 6.06. The predicted molar refractivity (Wildman–Crippen MR) is 103 cm³/mol. The molecule has 5 rings (SSSR count). The van der Waals surface area contributed by atoms with Gasteiger partial charge >= 0.3 is 0 Å². The van der Waals surface area contributed by atoms with Crippen molar-refractivity contribution in [3.05, 3.63) is 76.7 Å². The molecule has 4 aromatic rings. The third-order valence-electron chi connectivity index (χ3n) is 4.64. The van der Waals surface area contributed by atoms with E-state index < -0.39 is 0 Å². The molecule has 2 aromatic carbocycles. The fraction of sp³-hybridized carbons (Fsp3) is 0.150. The van der Waals surface area contributed by atoms with Gasteiger partial charge in [0.1, 0.15) is 6.10 Å². The lowest BCUT2D eigenvalue weighted by molar-refractivity contribution is 0.00330. The molecule has 0 saturated heterocycles. The molecule has 0 saturated carbocycles. The molecule has 134 valence electrons. The van der Waals surface area contributed by atoms with Crippen molar-refractivity contribution < 1.29 is 9.26 Å². The molecule has 0 N–H and O–H groups in total. The number of hydrogen-bond acceptors (Lipinski definition) is 5. The van der Waals surface area contributed by atoms with E-state index in [2.05, 4.69) is 47.8 Å². The summed E-state index contributed by atoms with van der Waals surface area (Å²) in [5.74, 6) is 0.925. The Morgan fingerprint density at radius 3 is 2.70 bits per heavy atom. The Balaban J connectivity index is 1.44. The van der Waals surface area contributed by atoms with Crippen molar-refractivity contribution in [2.45, 2.75) is 19.3 Å². The Morgan fingerprint density at radius 1 is 1.04 bits per heavy atom. The van der Waals surface area contributed by atoms with Gasteiger partial charge in [0, 0.05) is 10.0 Å². The van der Waals surface area contributed by atoms with Crippen molar-refractivity contribution in [2.75, 3.05) is 0 Å². The van der Waals surface area contributed by atoms with E-state index in [-0.39, 0.29) is 6.10 Å². The third-order valence-corrected chi connectivity index (χ3v) is 5.34. The summed E-state index contributed by atoms with van der Waals surface area (Å²) in [4.78, 5) is 9.03. The van der Waals surface area contributed by atoms with Crippen molar-refractivity contribution in [2.24, 2.45) is 0 Å². The quantitative estimate of drug-likeness (QED) is 0.481. The van der Waals surface area contributed by atoms with Crippen LogP contribution in [0.3, 0.4) is 0 Å². The van der Waals surface area contributed by atoms with Gasteiger partial charge in [0.2, 0.25) is 5.82 Å². The minimum Gasteiger partial charge on any atom is -0.365 e. The Labute approximate surface area is 163 Å². The Hall–Kier alpha value is -2.77. The molecule has 1 aliphatic heterocycles. The van der Waals surface area contributed by atoms with Crippen LogP contribution in [-0.2, 0) is 17.9 Å². The molecule has 0 amide bonds. The van der Waals surface area contributed by atoms with Gasteiger partial charge in [-0.25, -0.2) is 4.98 Å². The summed E-state index contributed by atoms with van der Waals surface area (Å²) < 4.78 is 14.6. The van der Waals surface area contributed by atoms with Crippen LogP contribution < -0.4 is 0 Å². The second-order valence-corrected chi connectivity index (χ2v) is 7.16. The highest BCUT2D eigenvalue weighted by molar-refractivity contribution is 9.10. The number of ether oxygens (including phenoxy) is 1. The molecule has 1 atom stereocenters. The van der Waals surface area contributed by atoms with Crippen LogP contribution in [0.1, 0.15) is 17.4 Å². The summed E-state index contributed by atoms with van der Waals surface area (Å²) in [5, 5.41) is 4.11. The molecule has 3 heterocycles. The van der Waals surface area contributed by atoms with Crippen LogP contribution in [0, 0.1) is 0 Å². The molecular weight excluding hydrogens is 408 g/mol. The fourth-order valence-electron chi connectivity index (χ4n) is 3.25. The first-order valence-corrected chi connectivity index (χ1v) is 9.38. The molecule has 2 aromatic heterocycles. The molecule has 0 fully saturated rings. The Bertz CT molecular complexity index is 1090. The molecular formula is C20H15BrN4O2. The second kappa shape index (κ2) is 6.75. The van der Waals surface area contributed by atoms with E-state index in [1.165, 1.54) is 0 Å². The topological polar surface area (TPSA) is 66.0 Å². The predicted octanol–water partition coefficient (Wildman–Crippen LogP) is 4.63. The maximum atomic E-state index is 6.06. The average Bonchev–Trinajstić information content (AvgIpc) is 3.35. The highest BCUT2D eigenvalue weighted by atomic mass is 79.9. The SMILES string of the molecule is Brc1ccccc1-c1noc(-c2ncn3c2CO[C@@H](c2ccccc2)C3)n1. The number of imidazole rings is 1. The van der Waals surface area contributed by atoms with Crippen LogP contribution in [-0.4, -0.2) is 19.7 Å². The van der Waals surface area contributed by atoms with Crippen LogP contribution >= 0.6 is 15.9 Å². The molecule has 0 unspecified atom stereocenters. The number of halogens is 1. The van der Waals surface area contributed by atoms with Crippen molar-refractivity contribution in [1.29, 1.82) is 0 Å². The first kappa shape index (κ1) is 16.4. The molecule has 0 radical (unpaired) electrons. The van der Waals surface area contributed by atoms with Gasteiger partial charge in [0.05, 0.1) is 25.2 Å². The summed E-state index contributed by atoms with van der Waals surface area (Å²) in [6.07, 6.45) is 1.82. The van der Waals surface area contributed by atoms with Gasteiger partial charge in [0.15, 0.2) is 5.69 Å². The number of aromatic nitrogens is 4. The van der Waals surface area contributed by atoms with E-state index in [4.69, 9.17) is 9.26 Å². The van der Waals surface area contributed by atoms with E-state index in [0.29, 0.717) is 30.6 Å². The summed E-state index contributed by atoms with van der Waals surface area (Å²) in [6, 6.07) is 18.0. The lowest BCUT2D eigenvalue weighted by Crippen LogP contribution is -2.20. The van der Waals surface area contributed by atoms with Crippen LogP contribution in [0.4, 0.5) is 0 Å². The standard InChI is InChI=1S/C20H15BrN4O2/c21-15-9-5-4-8-14(15)19-23-20(27-24-19)18-16-11-26-17(10-25(16)12-22-18)13-6-2-1-3-7-13/h1-9,12,17H,10-11H2/t17-/m1/s1. The van der Waals surface area contributed by atoms with Crippen molar-refractivity contribution in [3.63, 3.8) is 0 Å². The Kier molecular flexibility index (Phi) is 4.10. The van der Waals surface area contributed by atoms with Crippen LogP contribution in [0.15, 0.2) is 69.9 Å². The van der Waals surface area contributed by atoms with Crippen molar-refractivity contribution in [1.82, 2.24) is 19.7 Å². The van der Waals surface area contributed by atoms with E-state index in [1.807, 2.05) is 48.8 Å². The minimum absolute atomic E-state index is 0.0132. The van der Waals surface area contributed by atoms with E-state index >= 15 is 0 Å². The summed E-state index contributed by atoms with van der Waals surface area (Å²) in [6.45, 7) is 1.15. The highest BCUT2D eigenvalue weighted by Crippen LogP contribution is 2.32. The van der Waals surface area contributed by atoms with Crippen molar-refractivity contribution in [3.8, 4) is 23.0 Å². The van der Waals surface area contributed by atoms with E-state index in [0.717, 1.165) is 21.3 Å². The normalized spacial score (nSPS) is 16.3. The second-order valence-electron chi connectivity index (χ2n) is 6.31. The zero-order chi connectivity index (χ0) is 18.2. The zero-order valence-electron chi connectivity index (χ0n) is 14.2. The fourth-order valence-corrected chi connectivity index (χ4v) is 3.71. The summed E-state index contributed by atoms with van der Waals surface area (Å²) in [7, 11) is 0. The maximum Gasteiger partial charge on any atom is 0.278 e. The zero-order valence-corrected chi connectivity index (χ0v) is 15.8. The molecule has 0 bridgehead atoms. The van der Waals surface area contributed by atoms with Crippen LogP contribution in [0.25, 0.3) is 23.0 Å². The molecule has 27 heavy (non-hydrogen) atoms. The minimum atomic E-state index is 0.0132. The lowest BCUT2D eigenvalue weighted by atomic mass is 10.1. The monoisotopic (exact) mass is 422 g/mol. The van der Waals surface area contributed by atoms with Crippen LogP contribution in [0.5, 0.6) is 0 Å². The van der Waals surface area contributed by atoms with Gasteiger partial charge in [-0.05, 0) is 17.7 Å². The highest BCUT2D eigenvalue weighted by Gasteiger charge is 2.26. The van der Waals surface area contributed by atoms with E-state index in [9.17, 15) is 0 Å². The van der Waals surface area contributed by atoms with Crippen molar-refractivity contribution >= 4 is 15.9 Å². The number of hydrogen-bond donors (Lipinski definition) is 0. The van der Waals surface area contributed by atoms with Gasteiger partial charge in [-0.2, -0.15) is 4.98 Å². The molecule has 0 spiro atoms. The number of nitrogens with zero attached hydrogens (tertiary/aromatic N) is 4. The number of fused-ring (bicyclic) bond motifs is 1.